The number of para-hydroxylation sites is 1. The highest BCUT2D eigenvalue weighted by Crippen LogP contribution is 2.19. The smallest absolute Gasteiger partial charge is 0.233 e. The molecule has 4 heteroatoms. The van der Waals surface area contributed by atoms with Gasteiger partial charge in [0.25, 0.3) is 0 Å². The van der Waals surface area contributed by atoms with Crippen molar-refractivity contribution in [2.45, 2.75) is 0 Å². The van der Waals surface area contributed by atoms with Crippen LogP contribution in [0.15, 0.2) is 42.0 Å². The maximum Gasteiger partial charge on any atom is 0.233 e. The van der Waals surface area contributed by atoms with Crippen LogP contribution in [0.25, 0.3) is 0 Å². The lowest BCUT2D eigenvalue weighted by molar-refractivity contribution is 0.433. The molecule has 0 atom stereocenters. The molecule has 0 N–H and O–H groups in total. The highest BCUT2D eigenvalue weighted by Gasteiger charge is 1.99. The molecule has 0 amide bonds. The predicted octanol–water partition coefficient (Wildman–Crippen LogP) is 2.72. The fourth-order valence-electron chi connectivity index (χ4n) is 0.899. The third-order valence-electron chi connectivity index (χ3n) is 1.42. The van der Waals surface area contributed by atoms with Crippen LogP contribution in [0.3, 0.4) is 0 Å². The van der Waals surface area contributed by atoms with Crippen LogP contribution in [0, 0.1) is 0 Å². The van der Waals surface area contributed by atoms with Gasteiger partial charge >= 0.3 is 0 Å². The van der Waals surface area contributed by atoms with Gasteiger partial charge < -0.3 is 9.64 Å². The van der Waals surface area contributed by atoms with E-state index >= 15 is 0 Å². The van der Waals surface area contributed by atoms with E-state index in [1.54, 1.807) is 11.1 Å². The molecule has 74 valence electrons. The van der Waals surface area contributed by atoms with Crippen LogP contribution in [0.5, 0.6) is 5.75 Å². The van der Waals surface area contributed by atoms with E-state index in [9.17, 15) is 4.57 Å². The summed E-state index contributed by atoms with van der Waals surface area (Å²) >= 11 is 0. The summed E-state index contributed by atoms with van der Waals surface area (Å²) in [6.07, 6.45) is 1.67. The van der Waals surface area contributed by atoms with E-state index < -0.39 is 0 Å². The van der Waals surface area contributed by atoms with Crippen molar-refractivity contribution in [1.82, 2.24) is 4.90 Å². The lowest BCUT2D eigenvalue weighted by atomic mass is 10.3. The SMILES string of the molecule is CN(C)C=C(Oc1ccccc1)P=O. The van der Waals surface area contributed by atoms with E-state index in [4.69, 9.17) is 4.74 Å². The molecule has 1 aromatic carbocycles. The Kier molecular flexibility index (Phi) is 4.14. The quantitative estimate of drug-likeness (QED) is 0.564. The van der Waals surface area contributed by atoms with Gasteiger partial charge in [0.1, 0.15) is 5.75 Å². The third-order valence-corrected chi connectivity index (χ3v) is 1.81. The lowest BCUT2D eigenvalue weighted by Crippen LogP contribution is -2.03. The Hall–Kier alpha value is -1.34. The van der Waals surface area contributed by atoms with Gasteiger partial charge in [-0.2, -0.15) is 0 Å². The largest absolute Gasteiger partial charge is 0.448 e. The van der Waals surface area contributed by atoms with E-state index in [1.165, 1.54) is 0 Å². The zero-order valence-corrected chi connectivity index (χ0v) is 9.07. The summed E-state index contributed by atoms with van der Waals surface area (Å²) in [6.45, 7) is 0. The maximum atomic E-state index is 10.7. The van der Waals surface area contributed by atoms with Crippen molar-refractivity contribution in [3.05, 3.63) is 42.0 Å². The van der Waals surface area contributed by atoms with Gasteiger partial charge in [0.15, 0.2) is 0 Å². The van der Waals surface area contributed by atoms with E-state index in [2.05, 4.69) is 0 Å². The minimum atomic E-state index is -0.123. The molecule has 1 aromatic rings. The van der Waals surface area contributed by atoms with Gasteiger partial charge in [-0.3, -0.25) is 4.57 Å². The zero-order valence-electron chi connectivity index (χ0n) is 8.18. The molecule has 0 aliphatic heterocycles. The number of hydrogen-bond donors (Lipinski definition) is 0. The molecule has 0 bridgehead atoms. The second kappa shape index (κ2) is 5.40. The molecule has 0 radical (unpaired) electrons. The fourth-order valence-corrected chi connectivity index (χ4v) is 1.32. The molecule has 0 fully saturated rings. The van der Waals surface area contributed by atoms with Crippen LogP contribution in [0.2, 0.25) is 0 Å². The number of rotatable bonds is 4. The second-order valence-corrected chi connectivity index (χ2v) is 3.56. The standard InChI is InChI=1S/C10H12NO2P/c1-11(2)8-10(14-12)13-9-6-4-3-5-7-9/h3-8H,1-2H3. The Morgan fingerprint density at radius 1 is 1.36 bits per heavy atom. The van der Waals surface area contributed by atoms with Crippen molar-refractivity contribution in [2.24, 2.45) is 0 Å². The third kappa shape index (κ3) is 3.58. The summed E-state index contributed by atoms with van der Waals surface area (Å²) in [5, 5.41) is 0. The van der Waals surface area contributed by atoms with Gasteiger partial charge in [0.05, 0.1) is 6.20 Å². The molecule has 0 aliphatic carbocycles. The Morgan fingerprint density at radius 2 is 2.00 bits per heavy atom. The van der Waals surface area contributed by atoms with Gasteiger partial charge in [-0.15, -0.1) is 0 Å². The van der Waals surface area contributed by atoms with Crippen molar-refractivity contribution < 1.29 is 9.30 Å². The van der Waals surface area contributed by atoms with Gasteiger partial charge in [-0.25, -0.2) is 0 Å². The molecule has 0 aromatic heterocycles. The van der Waals surface area contributed by atoms with E-state index in [1.807, 2.05) is 44.4 Å². The van der Waals surface area contributed by atoms with Crippen molar-refractivity contribution >= 4 is 8.46 Å². The number of hydrogen-bond acceptors (Lipinski definition) is 3. The molecule has 0 unspecified atom stereocenters. The normalized spacial score (nSPS) is 11.4. The van der Waals surface area contributed by atoms with Crippen LogP contribution in [-0.4, -0.2) is 19.0 Å². The monoisotopic (exact) mass is 209 g/mol. The van der Waals surface area contributed by atoms with Gasteiger partial charge in [0, 0.05) is 14.1 Å². The second-order valence-electron chi connectivity index (χ2n) is 2.94. The Labute approximate surface area is 85.2 Å². The molecule has 14 heavy (non-hydrogen) atoms. The molecule has 0 heterocycles. The minimum Gasteiger partial charge on any atom is -0.448 e. The first-order valence-corrected chi connectivity index (χ1v) is 4.98. The molecule has 3 nitrogen and oxygen atoms in total. The Balaban J connectivity index is 2.71. The van der Waals surface area contributed by atoms with E-state index in [0.29, 0.717) is 11.2 Å². The Bertz CT molecular complexity index is 322. The van der Waals surface area contributed by atoms with E-state index in [-0.39, 0.29) is 8.46 Å². The highest BCUT2D eigenvalue weighted by atomic mass is 31.1. The van der Waals surface area contributed by atoms with Gasteiger partial charge in [-0.1, -0.05) is 18.2 Å². The van der Waals surface area contributed by atoms with Crippen LogP contribution < -0.4 is 4.74 Å². The predicted molar refractivity (Wildman–Crippen MR) is 56.4 cm³/mol. The van der Waals surface area contributed by atoms with Crippen molar-refractivity contribution in [3.63, 3.8) is 0 Å². The number of nitrogens with zero attached hydrogens (tertiary/aromatic N) is 1. The fraction of sp³-hybridized carbons (Fsp3) is 0.200. The summed E-state index contributed by atoms with van der Waals surface area (Å²) in [5.41, 5.74) is 0.390. The number of ether oxygens (including phenoxy) is 1. The molecule has 0 spiro atoms. The number of benzene rings is 1. The zero-order chi connectivity index (χ0) is 10.4. The summed E-state index contributed by atoms with van der Waals surface area (Å²) in [4.78, 5) is 1.78. The first kappa shape index (κ1) is 10.7. The molecule has 1 rings (SSSR count). The lowest BCUT2D eigenvalue weighted by Gasteiger charge is -2.07. The average Bonchev–Trinajstić information content (AvgIpc) is 2.17. The highest BCUT2D eigenvalue weighted by molar-refractivity contribution is 7.29. The molecule has 0 saturated heterocycles. The van der Waals surface area contributed by atoms with Crippen LogP contribution in [0.1, 0.15) is 0 Å². The topological polar surface area (TPSA) is 29.5 Å². The van der Waals surface area contributed by atoms with Crippen LogP contribution >= 0.6 is 8.46 Å². The molecular formula is C10H12NO2P. The van der Waals surface area contributed by atoms with Gasteiger partial charge in [-0.05, 0) is 12.1 Å². The summed E-state index contributed by atoms with van der Waals surface area (Å²) in [7, 11) is 3.57. The minimum absolute atomic E-state index is 0.123. The molecule has 0 aliphatic rings. The average molecular weight is 209 g/mol. The summed E-state index contributed by atoms with van der Waals surface area (Å²) < 4.78 is 16.1. The summed E-state index contributed by atoms with van der Waals surface area (Å²) in [6, 6.07) is 9.26. The van der Waals surface area contributed by atoms with Crippen LogP contribution in [0.4, 0.5) is 0 Å². The molecule has 0 saturated carbocycles. The van der Waals surface area contributed by atoms with Crippen molar-refractivity contribution in [2.75, 3.05) is 14.1 Å². The Morgan fingerprint density at radius 3 is 2.50 bits per heavy atom. The first-order chi connectivity index (χ1) is 6.72. The van der Waals surface area contributed by atoms with Crippen molar-refractivity contribution in [3.8, 4) is 5.75 Å². The first-order valence-electron chi connectivity index (χ1n) is 4.17. The molecular weight excluding hydrogens is 197 g/mol. The summed E-state index contributed by atoms with van der Waals surface area (Å²) in [5.74, 6) is 0.684. The van der Waals surface area contributed by atoms with Crippen molar-refractivity contribution in [1.29, 1.82) is 0 Å². The van der Waals surface area contributed by atoms with Crippen LogP contribution in [-0.2, 0) is 4.57 Å². The maximum absolute atomic E-state index is 10.7. The van der Waals surface area contributed by atoms with Gasteiger partial charge in [0.2, 0.25) is 14.0 Å². The van der Waals surface area contributed by atoms with E-state index in [0.717, 1.165) is 0 Å².